The number of aliphatic hydroxyl groups is 1. The molecule has 0 saturated heterocycles. The smallest absolute Gasteiger partial charge is 0.338 e. The molecule has 1 N–H and O–H groups in total. The minimum Gasteiger partial charge on any atom is -0.508 e. The number of ketones is 1. The van der Waals surface area contributed by atoms with Gasteiger partial charge in [0.25, 0.3) is 0 Å². The molecule has 0 unspecified atom stereocenters. The van der Waals surface area contributed by atoms with E-state index in [2.05, 4.69) is 0 Å². The van der Waals surface area contributed by atoms with Gasteiger partial charge in [0.15, 0.2) is 0 Å². The largest absolute Gasteiger partial charge is 0.508 e. The van der Waals surface area contributed by atoms with Gasteiger partial charge in [-0.3, -0.25) is 4.79 Å². The Labute approximate surface area is 139 Å². The third kappa shape index (κ3) is 6.00. The Kier molecular flexibility index (Phi) is 7.63. The molecule has 1 heterocycles. The van der Waals surface area contributed by atoms with Gasteiger partial charge in [0, 0.05) is 12.3 Å². The van der Waals surface area contributed by atoms with Crippen molar-refractivity contribution in [2.24, 2.45) is 5.92 Å². The molecule has 0 aromatic carbocycles. The number of hydrogen-bond donors (Lipinski definition) is 1. The van der Waals surface area contributed by atoms with Gasteiger partial charge in [0.05, 0.1) is 5.57 Å². The first-order chi connectivity index (χ1) is 11.2. The van der Waals surface area contributed by atoms with E-state index in [1.807, 2.05) is 0 Å². The number of Topliss-reactive ketones (excluding diaryl/α,β-unsaturated/α-hetero) is 1. The van der Waals surface area contributed by atoms with Gasteiger partial charge in [-0.1, -0.05) is 57.8 Å². The number of carbonyl (C=O) groups is 2. The molecule has 1 saturated carbocycles. The third-order valence-corrected chi connectivity index (χ3v) is 5.12. The maximum absolute atomic E-state index is 12.5. The zero-order chi connectivity index (χ0) is 16.5. The molecular weight excluding hydrogens is 292 g/mol. The van der Waals surface area contributed by atoms with Crippen molar-refractivity contribution in [1.29, 1.82) is 0 Å². The van der Waals surface area contributed by atoms with E-state index in [-0.39, 0.29) is 24.1 Å². The van der Waals surface area contributed by atoms with Crippen LogP contribution in [0.25, 0.3) is 0 Å². The van der Waals surface area contributed by atoms with E-state index < -0.39 is 5.97 Å². The van der Waals surface area contributed by atoms with Crippen molar-refractivity contribution in [3.8, 4) is 0 Å². The van der Waals surface area contributed by atoms with Crippen LogP contribution >= 0.6 is 0 Å². The van der Waals surface area contributed by atoms with Crippen molar-refractivity contribution in [2.45, 2.75) is 83.5 Å². The van der Waals surface area contributed by atoms with E-state index in [1.54, 1.807) is 0 Å². The summed E-state index contributed by atoms with van der Waals surface area (Å²) in [6.45, 7) is -0.0359. The maximum Gasteiger partial charge on any atom is 0.338 e. The van der Waals surface area contributed by atoms with Crippen molar-refractivity contribution in [1.82, 2.24) is 0 Å². The number of esters is 1. The average Bonchev–Trinajstić information content (AvgIpc) is 2.84. The molecule has 4 nitrogen and oxygen atoms in total. The monoisotopic (exact) mass is 322 g/mol. The lowest BCUT2D eigenvalue weighted by Gasteiger charge is -2.17. The zero-order valence-corrected chi connectivity index (χ0v) is 14.1. The molecule has 0 aromatic rings. The summed E-state index contributed by atoms with van der Waals surface area (Å²) in [4.78, 5) is 24.0. The molecule has 1 aliphatic carbocycles. The maximum atomic E-state index is 12.5. The highest BCUT2D eigenvalue weighted by Gasteiger charge is 2.26. The predicted molar refractivity (Wildman–Crippen MR) is 89.1 cm³/mol. The molecule has 2 aliphatic rings. The van der Waals surface area contributed by atoms with Crippen LogP contribution in [0.15, 0.2) is 11.3 Å². The summed E-state index contributed by atoms with van der Waals surface area (Å²) >= 11 is 0. The Bertz CT molecular complexity index is 427. The standard InChI is InChI=1S/C19H30O4/c20-17(13-12-16-18(21)14-23-19(16)22)15-10-8-6-4-2-1-3-5-7-9-11-15/h15,21H,1-14H2. The van der Waals surface area contributed by atoms with Crippen LogP contribution in [-0.2, 0) is 14.3 Å². The second kappa shape index (κ2) is 9.74. The molecule has 4 heteroatoms. The van der Waals surface area contributed by atoms with Gasteiger partial charge in [0.1, 0.15) is 18.1 Å². The molecule has 0 bridgehead atoms. The molecule has 1 fully saturated rings. The predicted octanol–water partition coefficient (Wildman–Crippen LogP) is 4.63. The highest BCUT2D eigenvalue weighted by Crippen LogP contribution is 2.25. The Hall–Kier alpha value is -1.32. The van der Waals surface area contributed by atoms with Gasteiger partial charge < -0.3 is 9.84 Å². The summed E-state index contributed by atoms with van der Waals surface area (Å²) in [5, 5.41) is 9.61. The van der Waals surface area contributed by atoms with Gasteiger partial charge in [-0.2, -0.15) is 0 Å². The lowest BCUT2D eigenvalue weighted by molar-refractivity contribution is -0.136. The summed E-state index contributed by atoms with van der Waals surface area (Å²) in [5.74, 6) is -0.0767. The Balaban J connectivity index is 1.81. The second-order valence-electron chi connectivity index (χ2n) is 6.92. The number of carbonyl (C=O) groups excluding carboxylic acids is 2. The number of rotatable bonds is 4. The molecule has 1 aliphatic heterocycles. The Morgan fingerprint density at radius 2 is 1.48 bits per heavy atom. The van der Waals surface area contributed by atoms with Gasteiger partial charge in [-0.15, -0.1) is 0 Å². The fourth-order valence-electron chi connectivity index (χ4n) is 3.61. The van der Waals surface area contributed by atoms with Crippen molar-refractivity contribution in [2.75, 3.05) is 6.61 Å². The number of hydrogen-bond acceptors (Lipinski definition) is 4. The zero-order valence-electron chi connectivity index (χ0n) is 14.1. The van der Waals surface area contributed by atoms with Gasteiger partial charge in [-0.05, 0) is 19.3 Å². The molecule has 23 heavy (non-hydrogen) atoms. The highest BCUT2D eigenvalue weighted by atomic mass is 16.5. The summed E-state index contributed by atoms with van der Waals surface area (Å²) < 4.78 is 4.77. The van der Waals surface area contributed by atoms with Gasteiger partial charge in [0.2, 0.25) is 0 Å². The van der Waals surface area contributed by atoms with Crippen LogP contribution in [0.4, 0.5) is 0 Å². The number of ether oxygens (including phenoxy) is 1. The molecule has 0 radical (unpaired) electrons. The van der Waals surface area contributed by atoms with E-state index in [4.69, 9.17) is 4.74 Å². The van der Waals surface area contributed by atoms with Crippen LogP contribution in [0.3, 0.4) is 0 Å². The molecule has 0 spiro atoms. The molecule has 130 valence electrons. The number of aliphatic hydroxyl groups excluding tert-OH is 1. The first-order valence-corrected chi connectivity index (χ1v) is 9.29. The van der Waals surface area contributed by atoms with E-state index in [9.17, 15) is 14.7 Å². The van der Waals surface area contributed by atoms with E-state index >= 15 is 0 Å². The van der Waals surface area contributed by atoms with Crippen molar-refractivity contribution in [3.63, 3.8) is 0 Å². The molecule has 2 rings (SSSR count). The minimum absolute atomic E-state index is 0.00138. The van der Waals surface area contributed by atoms with Crippen LogP contribution in [0.1, 0.15) is 83.5 Å². The highest BCUT2D eigenvalue weighted by molar-refractivity contribution is 5.92. The summed E-state index contributed by atoms with van der Waals surface area (Å²) in [6, 6.07) is 0. The lowest BCUT2D eigenvalue weighted by Crippen LogP contribution is -2.16. The van der Waals surface area contributed by atoms with E-state index in [0.717, 1.165) is 25.7 Å². The van der Waals surface area contributed by atoms with Crippen LogP contribution in [0.2, 0.25) is 0 Å². The molecular formula is C19H30O4. The van der Waals surface area contributed by atoms with Crippen LogP contribution in [0.5, 0.6) is 0 Å². The van der Waals surface area contributed by atoms with Gasteiger partial charge >= 0.3 is 5.97 Å². The molecule has 0 aromatic heterocycles. The first-order valence-electron chi connectivity index (χ1n) is 9.29. The Morgan fingerprint density at radius 1 is 0.957 bits per heavy atom. The quantitative estimate of drug-likeness (QED) is 0.767. The summed E-state index contributed by atoms with van der Waals surface area (Å²) in [5.41, 5.74) is 0.298. The third-order valence-electron chi connectivity index (χ3n) is 5.12. The lowest BCUT2D eigenvalue weighted by atomic mass is 9.87. The van der Waals surface area contributed by atoms with Crippen LogP contribution in [0, 0.1) is 5.92 Å². The van der Waals surface area contributed by atoms with E-state index in [0.29, 0.717) is 18.4 Å². The topological polar surface area (TPSA) is 63.6 Å². The average molecular weight is 322 g/mol. The minimum atomic E-state index is -0.464. The summed E-state index contributed by atoms with van der Waals surface area (Å²) in [7, 11) is 0. The van der Waals surface area contributed by atoms with Crippen molar-refractivity contribution >= 4 is 11.8 Å². The van der Waals surface area contributed by atoms with Crippen LogP contribution < -0.4 is 0 Å². The number of cyclic esters (lactones) is 1. The fraction of sp³-hybridized carbons (Fsp3) is 0.789. The SMILES string of the molecule is O=C1OCC(O)=C1CCC(=O)C1CCCCCCCCCCC1. The van der Waals surface area contributed by atoms with Gasteiger partial charge in [-0.25, -0.2) is 4.79 Å². The Morgan fingerprint density at radius 3 is 1.96 bits per heavy atom. The van der Waals surface area contributed by atoms with Crippen molar-refractivity contribution < 1.29 is 19.4 Å². The van der Waals surface area contributed by atoms with Crippen molar-refractivity contribution in [3.05, 3.63) is 11.3 Å². The normalized spacial score (nSPS) is 22.3. The summed E-state index contributed by atoms with van der Waals surface area (Å²) in [6.07, 6.45) is 13.9. The fourth-order valence-corrected chi connectivity index (χ4v) is 3.61. The van der Waals surface area contributed by atoms with E-state index in [1.165, 1.54) is 44.9 Å². The molecule has 0 atom stereocenters. The second-order valence-corrected chi connectivity index (χ2v) is 6.92. The first kappa shape index (κ1) is 18.0. The molecule has 0 amide bonds. The van der Waals surface area contributed by atoms with Crippen LogP contribution in [-0.4, -0.2) is 23.5 Å².